The van der Waals surface area contributed by atoms with E-state index in [0.717, 1.165) is 12.1 Å². The van der Waals surface area contributed by atoms with Gasteiger partial charge in [0, 0.05) is 18.4 Å². The van der Waals surface area contributed by atoms with Crippen molar-refractivity contribution >= 4 is 11.0 Å². The fourth-order valence-electron chi connectivity index (χ4n) is 2.21. The summed E-state index contributed by atoms with van der Waals surface area (Å²) in [5, 5.41) is 7.72. The van der Waals surface area contributed by atoms with Crippen LogP contribution in [0.3, 0.4) is 0 Å². The summed E-state index contributed by atoms with van der Waals surface area (Å²) in [5.74, 6) is -0.354. The van der Waals surface area contributed by atoms with E-state index in [0.29, 0.717) is 17.7 Å². The average Bonchev–Trinajstić information content (AvgIpc) is 2.91. The Labute approximate surface area is 127 Å². The van der Waals surface area contributed by atoms with Crippen LogP contribution in [-0.4, -0.2) is 25.9 Å². The molecule has 0 saturated heterocycles. The Morgan fingerprint density at radius 3 is 2.48 bits per heavy atom. The van der Waals surface area contributed by atoms with Crippen LogP contribution in [0.2, 0.25) is 0 Å². The highest BCUT2D eigenvalue weighted by Crippen LogP contribution is 2.23. The third-order valence-electron chi connectivity index (χ3n) is 3.22. The van der Waals surface area contributed by atoms with Gasteiger partial charge in [0.05, 0.1) is 5.52 Å². The van der Waals surface area contributed by atoms with Gasteiger partial charge in [0.1, 0.15) is 5.75 Å². The van der Waals surface area contributed by atoms with Gasteiger partial charge >= 0.3 is 6.36 Å². The summed E-state index contributed by atoms with van der Waals surface area (Å²) in [6.45, 7) is 2.45. The van der Waals surface area contributed by atoms with Gasteiger partial charge in [-0.1, -0.05) is 5.21 Å². The molecule has 120 valence electrons. The molecule has 1 aromatic carbocycles. The van der Waals surface area contributed by atoms with E-state index in [1.54, 1.807) is 10.7 Å². The minimum atomic E-state index is -4.75. The third-order valence-corrected chi connectivity index (χ3v) is 3.22. The van der Waals surface area contributed by atoms with Crippen LogP contribution in [0.15, 0.2) is 41.3 Å². The Hall–Kier alpha value is -2.84. The first-order chi connectivity index (χ1) is 10.9. The van der Waals surface area contributed by atoms with Gasteiger partial charge in [0.25, 0.3) is 5.56 Å². The monoisotopic (exact) mass is 324 g/mol. The quantitative estimate of drug-likeness (QED) is 0.743. The zero-order valence-electron chi connectivity index (χ0n) is 11.9. The van der Waals surface area contributed by atoms with Crippen LogP contribution in [0.25, 0.3) is 16.7 Å². The van der Waals surface area contributed by atoms with Crippen molar-refractivity contribution in [3.05, 3.63) is 46.9 Å². The summed E-state index contributed by atoms with van der Waals surface area (Å²) >= 11 is 0. The van der Waals surface area contributed by atoms with Gasteiger partial charge in [-0.05, 0) is 37.3 Å². The molecule has 6 nitrogen and oxygen atoms in total. The first kappa shape index (κ1) is 15.1. The first-order valence-corrected chi connectivity index (χ1v) is 6.70. The van der Waals surface area contributed by atoms with E-state index >= 15 is 0 Å². The van der Waals surface area contributed by atoms with E-state index in [1.165, 1.54) is 22.9 Å². The summed E-state index contributed by atoms with van der Waals surface area (Å²) in [5.41, 5.74) is 0.805. The topological polar surface area (TPSA) is 61.9 Å². The Kier molecular flexibility index (Phi) is 3.55. The van der Waals surface area contributed by atoms with Crippen LogP contribution in [0.4, 0.5) is 13.2 Å². The maximum Gasteiger partial charge on any atom is 0.573 e. The van der Waals surface area contributed by atoms with Crippen molar-refractivity contribution < 1.29 is 17.9 Å². The number of hydrogen-bond donors (Lipinski definition) is 0. The zero-order valence-corrected chi connectivity index (χ0v) is 11.9. The standard InChI is InChI=1S/C14H11F3N4O2/c1-2-21-11-7-8-20(13(22)12(11)18-19-21)9-3-5-10(6-4-9)23-14(15,16)17/h3-8H,2H2,1H3. The SMILES string of the molecule is CCn1nnc2c(=O)n(-c3ccc(OC(F)(F)F)cc3)ccc21. The molecule has 0 spiro atoms. The van der Waals surface area contributed by atoms with E-state index in [4.69, 9.17) is 0 Å². The van der Waals surface area contributed by atoms with Gasteiger partial charge in [-0.15, -0.1) is 18.3 Å². The van der Waals surface area contributed by atoms with Crippen LogP contribution in [0, 0.1) is 0 Å². The maximum absolute atomic E-state index is 12.4. The van der Waals surface area contributed by atoms with E-state index in [-0.39, 0.29) is 11.3 Å². The number of aromatic nitrogens is 4. The van der Waals surface area contributed by atoms with Crippen LogP contribution in [-0.2, 0) is 6.54 Å². The highest BCUT2D eigenvalue weighted by molar-refractivity contribution is 5.73. The molecule has 2 heterocycles. The fourth-order valence-corrected chi connectivity index (χ4v) is 2.21. The van der Waals surface area contributed by atoms with Crippen molar-refractivity contribution in [3.8, 4) is 11.4 Å². The molecule has 0 amide bonds. The highest BCUT2D eigenvalue weighted by atomic mass is 19.4. The lowest BCUT2D eigenvalue weighted by molar-refractivity contribution is -0.274. The molecule has 23 heavy (non-hydrogen) atoms. The van der Waals surface area contributed by atoms with Crippen molar-refractivity contribution in [1.82, 2.24) is 19.6 Å². The third kappa shape index (κ3) is 2.89. The maximum atomic E-state index is 12.4. The minimum Gasteiger partial charge on any atom is -0.406 e. The van der Waals surface area contributed by atoms with Gasteiger partial charge in [0.15, 0.2) is 5.52 Å². The highest BCUT2D eigenvalue weighted by Gasteiger charge is 2.31. The summed E-state index contributed by atoms with van der Waals surface area (Å²) in [4.78, 5) is 12.4. The number of alkyl halides is 3. The summed E-state index contributed by atoms with van der Waals surface area (Å²) in [6.07, 6.45) is -3.23. The van der Waals surface area contributed by atoms with E-state index in [9.17, 15) is 18.0 Å². The summed E-state index contributed by atoms with van der Waals surface area (Å²) in [7, 11) is 0. The second kappa shape index (κ2) is 5.41. The van der Waals surface area contributed by atoms with Crippen molar-refractivity contribution in [2.24, 2.45) is 0 Å². The number of ether oxygens (including phenoxy) is 1. The van der Waals surface area contributed by atoms with Gasteiger partial charge in [-0.2, -0.15) is 0 Å². The lowest BCUT2D eigenvalue weighted by Crippen LogP contribution is -2.19. The molecule has 2 aromatic heterocycles. The molecular formula is C14H11F3N4O2. The molecule has 0 aliphatic rings. The molecule has 0 saturated carbocycles. The summed E-state index contributed by atoms with van der Waals surface area (Å²) < 4.78 is 43.1. The number of rotatable bonds is 3. The number of nitrogens with zero attached hydrogens (tertiary/aromatic N) is 4. The van der Waals surface area contributed by atoms with Gasteiger partial charge in [-0.25, -0.2) is 4.68 Å². The number of pyridine rings is 1. The smallest absolute Gasteiger partial charge is 0.406 e. The Balaban J connectivity index is 2.00. The molecule has 9 heteroatoms. The predicted molar refractivity (Wildman–Crippen MR) is 75.5 cm³/mol. The molecular weight excluding hydrogens is 313 g/mol. The van der Waals surface area contributed by atoms with E-state index in [1.807, 2.05) is 6.92 Å². The Bertz CT molecular complexity index is 897. The normalized spacial score (nSPS) is 11.8. The second-order valence-corrected chi connectivity index (χ2v) is 4.67. The molecule has 0 aliphatic heterocycles. The largest absolute Gasteiger partial charge is 0.573 e. The van der Waals surface area contributed by atoms with Crippen molar-refractivity contribution in [2.75, 3.05) is 0 Å². The minimum absolute atomic E-state index is 0.199. The molecule has 3 rings (SSSR count). The molecule has 0 bridgehead atoms. The van der Waals surface area contributed by atoms with E-state index < -0.39 is 11.9 Å². The molecule has 0 N–H and O–H groups in total. The molecule has 0 aliphatic carbocycles. The lowest BCUT2D eigenvalue weighted by atomic mass is 10.3. The van der Waals surface area contributed by atoms with Crippen molar-refractivity contribution in [3.63, 3.8) is 0 Å². The number of fused-ring (bicyclic) bond motifs is 1. The van der Waals surface area contributed by atoms with Gasteiger partial charge in [0.2, 0.25) is 0 Å². The number of hydrogen-bond acceptors (Lipinski definition) is 4. The molecule has 0 atom stereocenters. The number of aryl methyl sites for hydroxylation is 1. The predicted octanol–water partition coefficient (Wildman–Crippen LogP) is 2.50. The van der Waals surface area contributed by atoms with Gasteiger partial charge in [-0.3, -0.25) is 9.36 Å². The fraction of sp³-hybridized carbons (Fsp3) is 0.214. The summed E-state index contributed by atoms with van der Waals surface area (Å²) in [6, 6.07) is 6.68. The average molecular weight is 324 g/mol. The Morgan fingerprint density at radius 1 is 1.17 bits per heavy atom. The van der Waals surface area contributed by atoms with Crippen molar-refractivity contribution in [2.45, 2.75) is 19.8 Å². The molecule has 0 radical (unpaired) electrons. The van der Waals surface area contributed by atoms with Crippen LogP contribution in [0.1, 0.15) is 6.92 Å². The van der Waals surface area contributed by atoms with Crippen LogP contribution in [0.5, 0.6) is 5.75 Å². The van der Waals surface area contributed by atoms with Gasteiger partial charge < -0.3 is 4.74 Å². The number of halogens is 3. The molecule has 0 unspecified atom stereocenters. The van der Waals surface area contributed by atoms with Crippen LogP contribution < -0.4 is 10.3 Å². The lowest BCUT2D eigenvalue weighted by Gasteiger charge is -2.10. The molecule has 3 aromatic rings. The first-order valence-electron chi connectivity index (χ1n) is 6.70. The van der Waals surface area contributed by atoms with E-state index in [2.05, 4.69) is 15.0 Å². The Morgan fingerprint density at radius 2 is 1.87 bits per heavy atom. The molecule has 0 fully saturated rings. The number of benzene rings is 1. The van der Waals surface area contributed by atoms with Crippen molar-refractivity contribution in [1.29, 1.82) is 0 Å². The second-order valence-electron chi connectivity index (χ2n) is 4.67. The zero-order chi connectivity index (χ0) is 16.6. The van der Waals surface area contributed by atoms with Crippen LogP contribution >= 0.6 is 0 Å².